The molecule has 1 aromatic carbocycles. The van der Waals surface area contributed by atoms with E-state index in [1.165, 1.54) is 34.2 Å². The van der Waals surface area contributed by atoms with Crippen LogP contribution in [0.4, 0.5) is 16.5 Å². The number of halogens is 1. The van der Waals surface area contributed by atoms with Gasteiger partial charge in [-0.15, -0.1) is 10.2 Å². The molecule has 0 aliphatic rings. The summed E-state index contributed by atoms with van der Waals surface area (Å²) in [5.41, 5.74) is 4.09. The van der Waals surface area contributed by atoms with Crippen molar-refractivity contribution < 1.29 is 4.79 Å². The fourth-order valence-corrected chi connectivity index (χ4v) is 4.34. The number of hydrogen-bond donors (Lipinski definition) is 2. The van der Waals surface area contributed by atoms with Crippen LogP contribution >= 0.6 is 34.7 Å². The maximum atomic E-state index is 12.1. The van der Waals surface area contributed by atoms with Gasteiger partial charge >= 0.3 is 0 Å². The van der Waals surface area contributed by atoms with E-state index in [9.17, 15) is 4.79 Å². The summed E-state index contributed by atoms with van der Waals surface area (Å²) >= 11 is 8.72. The molecule has 0 spiro atoms. The molecule has 2 heterocycles. The van der Waals surface area contributed by atoms with Crippen LogP contribution < -0.4 is 10.6 Å². The maximum absolute atomic E-state index is 12.1. The zero-order chi connectivity index (χ0) is 19.9. The molecule has 0 atom stereocenters. The smallest absolute Gasteiger partial charge is 0.234 e. The minimum Gasteiger partial charge on any atom is -0.330 e. The molecular weight excluding hydrogens is 414 g/mol. The van der Waals surface area contributed by atoms with E-state index in [2.05, 4.69) is 57.9 Å². The molecular formula is C19H20ClN5OS2. The Morgan fingerprint density at radius 3 is 2.57 bits per heavy atom. The lowest BCUT2D eigenvalue weighted by molar-refractivity contribution is -0.113. The molecule has 6 nitrogen and oxygen atoms in total. The van der Waals surface area contributed by atoms with Gasteiger partial charge in [-0.2, -0.15) is 0 Å². The van der Waals surface area contributed by atoms with Gasteiger partial charge in [-0.05, 0) is 36.1 Å². The predicted molar refractivity (Wildman–Crippen MR) is 117 cm³/mol. The summed E-state index contributed by atoms with van der Waals surface area (Å²) in [5.74, 6) is 0.0419. The number of aromatic nitrogens is 3. The molecule has 3 rings (SSSR count). The Bertz CT molecular complexity index is 941. The molecule has 0 radical (unpaired) electrons. The lowest BCUT2D eigenvalue weighted by Gasteiger charge is -2.13. The Morgan fingerprint density at radius 2 is 1.89 bits per heavy atom. The first-order valence-electron chi connectivity index (χ1n) is 8.85. The van der Waals surface area contributed by atoms with Gasteiger partial charge < -0.3 is 10.6 Å². The second-order valence-electron chi connectivity index (χ2n) is 5.84. The number of rotatable bonds is 8. The first-order valence-corrected chi connectivity index (χ1v) is 11.0. The monoisotopic (exact) mass is 433 g/mol. The Balaban J connectivity index is 1.61. The molecule has 0 saturated carbocycles. The van der Waals surface area contributed by atoms with Crippen LogP contribution in [0.25, 0.3) is 0 Å². The number of thioether (sulfide) groups is 1. The van der Waals surface area contributed by atoms with Gasteiger partial charge in [-0.3, -0.25) is 4.79 Å². The summed E-state index contributed by atoms with van der Waals surface area (Å²) in [6.45, 7) is 4.27. The van der Waals surface area contributed by atoms with Crippen molar-refractivity contribution in [1.82, 2.24) is 15.2 Å². The standard InChI is InChI=1S/C19H20ClN5OS2/c1-3-12-7-5-8-13(4-2)16(12)23-18-24-25-19(28-18)27-11-15(26)22-14-9-6-10-21-17(14)20/h5-10H,3-4,11H2,1-2H3,(H,22,26)(H,23,24). The zero-order valence-corrected chi connectivity index (χ0v) is 17.9. The van der Waals surface area contributed by atoms with Gasteiger partial charge in [0.1, 0.15) is 0 Å². The molecule has 9 heteroatoms. The number of aryl methyl sites for hydroxylation is 2. The molecule has 0 fully saturated rings. The highest BCUT2D eigenvalue weighted by atomic mass is 35.5. The van der Waals surface area contributed by atoms with Crippen LogP contribution in [0.2, 0.25) is 5.15 Å². The molecule has 2 aromatic heterocycles. The number of pyridine rings is 1. The number of hydrogen-bond acceptors (Lipinski definition) is 7. The largest absolute Gasteiger partial charge is 0.330 e. The summed E-state index contributed by atoms with van der Waals surface area (Å²) in [5, 5.41) is 15.5. The summed E-state index contributed by atoms with van der Waals surface area (Å²) in [6, 6.07) is 9.74. The number of benzene rings is 1. The van der Waals surface area contributed by atoms with Gasteiger partial charge in [0.05, 0.1) is 11.4 Å². The molecule has 0 saturated heterocycles. The third-order valence-electron chi connectivity index (χ3n) is 4.00. The van der Waals surface area contributed by atoms with Gasteiger partial charge in [0.2, 0.25) is 11.0 Å². The molecule has 0 bridgehead atoms. The van der Waals surface area contributed by atoms with E-state index in [-0.39, 0.29) is 16.8 Å². The van der Waals surface area contributed by atoms with Crippen molar-refractivity contribution in [3.8, 4) is 0 Å². The van der Waals surface area contributed by atoms with Crippen molar-refractivity contribution in [2.45, 2.75) is 31.0 Å². The number of carbonyl (C=O) groups is 1. The number of nitrogens with zero attached hydrogens (tertiary/aromatic N) is 3. The van der Waals surface area contributed by atoms with Crippen molar-refractivity contribution in [3.63, 3.8) is 0 Å². The molecule has 3 aromatic rings. The van der Waals surface area contributed by atoms with Crippen LogP contribution in [0.3, 0.4) is 0 Å². The van der Waals surface area contributed by atoms with E-state index in [4.69, 9.17) is 11.6 Å². The quantitative estimate of drug-likeness (QED) is 0.376. The molecule has 0 unspecified atom stereocenters. The molecule has 146 valence electrons. The van der Waals surface area contributed by atoms with Crippen molar-refractivity contribution >= 4 is 57.1 Å². The van der Waals surface area contributed by atoms with Gasteiger partial charge in [-0.1, -0.05) is 66.7 Å². The third kappa shape index (κ3) is 5.21. The molecule has 28 heavy (non-hydrogen) atoms. The topological polar surface area (TPSA) is 79.8 Å². The lowest BCUT2D eigenvalue weighted by Crippen LogP contribution is -2.14. The predicted octanol–water partition coefficient (Wildman–Crippen LogP) is 5.19. The molecule has 0 aliphatic carbocycles. The summed E-state index contributed by atoms with van der Waals surface area (Å²) in [4.78, 5) is 16.1. The van der Waals surface area contributed by atoms with Gasteiger partial charge in [0.25, 0.3) is 0 Å². The van der Waals surface area contributed by atoms with Crippen LogP contribution in [-0.2, 0) is 17.6 Å². The zero-order valence-electron chi connectivity index (χ0n) is 15.5. The summed E-state index contributed by atoms with van der Waals surface area (Å²) in [6.07, 6.45) is 3.45. The minimum atomic E-state index is -0.172. The number of anilines is 3. The average molecular weight is 434 g/mol. The highest BCUT2D eigenvalue weighted by molar-refractivity contribution is 8.01. The van der Waals surface area contributed by atoms with Crippen molar-refractivity contribution in [2.24, 2.45) is 0 Å². The van der Waals surface area contributed by atoms with Gasteiger partial charge in [-0.25, -0.2) is 4.98 Å². The van der Waals surface area contributed by atoms with Crippen LogP contribution in [-0.4, -0.2) is 26.8 Å². The van der Waals surface area contributed by atoms with E-state index >= 15 is 0 Å². The second kappa shape index (κ2) is 9.86. The Morgan fingerprint density at radius 1 is 1.14 bits per heavy atom. The first kappa shape index (κ1) is 20.6. The second-order valence-corrected chi connectivity index (χ2v) is 8.39. The lowest BCUT2D eigenvalue weighted by atomic mass is 10.0. The van der Waals surface area contributed by atoms with Gasteiger partial charge in [0.15, 0.2) is 9.49 Å². The van der Waals surface area contributed by atoms with Gasteiger partial charge in [0, 0.05) is 11.9 Å². The average Bonchev–Trinajstić information content (AvgIpc) is 3.16. The number of para-hydroxylation sites is 1. The van der Waals surface area contributed by atoms with Crippen molar-refractivity contribution in [3.05, 3.63) is 52.8 Å². The normalized spacial score (nSPS) is 10.7. The molecule has 0 aliphatic heterocycles. The highest BCUT2D eigenvalue weighted by Gasteiger charge is 2.12. The number of amides is 1. The van der Waals surface area contributed by atoms with Crippen LogP contribution in [0, 0.1) is 0 Å². The van der Waals surface area contributed by atoms with Crippen molar-refractivity contribution in [1.29, 1.82) is 0 Å². The summed E-state index contributed by atoms with van der Waals surface area (Å²) in [7, 11) is 0. The highest BCUT2D eigenvalue weighted by Crippen LogP contribution is 2.31. The van der Waals surface area contributed by atoms with E-state index in [1.807, 2.05) is 0 Å². The first-order chi connectivity index (χ1) is 13.6. The molecule has 2 N–H and O–H groups in total. The number of carbonyl (C=O) groups excluding carboxylic acids is 1. The Kier molecular flexibility index (Phi) is 7.24. The Hall–Kier alpha value is -2.16. The SMILES string of the molecule is CCc1cccc(CC)c1Nc1nnc(SCC(=O)Nc2cccnc2Cl)s1. The van der Waals surface area contributed by atoms with Crippen LogP contribution in [0.5, 0.6) is 0 Å². The Labute approximate surface area is 177 Å². The fraction of sp³-hybridized carbons (Fsp3) is 0.263. The van der Waals surface area contributed by atoms with Crippen LogP contribution in [0.1, 0.15) is 25.0 Å². The maximum Gasteiger partial charge on any atom is 0.234 e. The van der Waals surface area contributed by atoms with E-state index in [1.54, 1.807) is 18.3 Å². The minimum absolute atomic E-state index is 0.172. The van der Waals surface area contributed by atoms with E-state index < -0.39 is 0 Å². The van der Waals surface area contributed by atoms with Crippen molar-refractivity contribution in [2.75, 3.05) is 16.4 Å². The summed E-state index contributed by atoms with van der Waals surface area (Å²) < 4.78 is 0.724. The fourth-order valence-electron chi connectivity index (χ4n) is 2.62. The third-order valence-corrected chi connectivity index (χ3v) is 6.27. The van der Waals surface area contributed by atoms with Crippen LogP contribution in [0.15, 0.2) is 40.9 Å². The van der Waals surface area contributed by atoms with E-state index in [0.717, 1.165) is 22.9 Å². The number of nitrogens with one attached hydrogen (secondary N) is 2. The molecule has 1 amide bonds. The van der Waals surface area contributed by atoms with E-state index in [0.29, 0.717) is 10.8 Å².